The van der Waals surface area contributed by atoms with Crippen molar-refractivity contribution in [2.24, 2.45) is 0 Å². The lowest BCUT2D eigenvalue weighted by Gasteiger charge is -2.02. The maximum atomic E-state index is 5.31. The van der Waals surface area contributed by atoms with Gasteiger partial charge in [0.1, 0.15) is 0 Å². The molecule has 16 heavy (non-hydrogen) atoms. The summed E-state index contributed by atoms with van der Waals surface area (Å²) in [5.74, 6) is 0. The minimum absolute atomic E-state index is 0.719. The summed E-state index contributed by atoms with van der Waals surface area (Å²) in [5, 5.41) is 0. The normalized spacial score (nSPS) is 9.81. The van der Waals surface area contributed by atoms with Gasteiger partial charge in [-0.2, -0.15) is 0 Å². The molecule has 0 aliphatic rings. The van der Waals surface area contributed by atoms with E-state index in [2.05, 4.69) is 5.43 Å². The molecule has 0 aliphatic heterocycles. The molecule has 0 amide bonds. The third-order valence-electron chi connectivity index (χ3n) is 2.22. The number of hydrogen-bond acceptors (Lipinski definition) is 1. The van der Waals surface area contributed by atoms with Gasteiger partial charge in [-0.3, -0.25) is 0 Å². The SMILES string of the molecule is Cc1ccc[n+](NC(=S)c2ccccc2)c1. The molecule has 0 saturated carbocycles. The van der Waals surface area contributed by atoms with Gasteiger partial charge >= 0.3 is 0 Å². The summed E-state index contributed by atoms with van der Waals surface area (Å²) in [6, 6.07) is 13.9. The Bertz CT molecular complexity index is 494. The maximum Gasteiger partial charge on any atom is 0.202 e. The van der Waals surface area contributed by atoms with E-state index in [0.717, 1.165) is 10.6 Å². The molecule has 0 aliphatic carbocycles. The van der Waals surface area contributed by atoms with Crippen LogP contribution in [0.3, 0.4) is 0 Å². The number of hydrogen-bond donors (Lipinski definition) is 1. The number of nitrogens with one attached hydrogen (secondary N) is 1. The van der Waals surface area contributed by atoms with E-state index in [4.69, 9.17) is 12.2 Å². The highest BCUT2D eigenvalue weighted by atomic mass is 32.1. The monoisotopic (exact) mass is 229 g/mol. The van der Waals surface area contributed by atoms with Crippen molar-refractivity contribution in [3.63, 3.8) is 0 Å². The van der Waals surface area contributed by atoms with E-state index in [1.807, 2.05) is 66.5 Å². The zero-order valence-electron chi connectivity index (χ0n) is 9.05. The molecular weight excluding hydrogens is 216 g/mol. The molecule has 1 aromatic heterocycles. The number of rotatable bonds is 2. The van der Waals surface area contributed by atoms with E-state index in [9.17, 15) is 0 Å². The molecule has 1 aromatic carbocycles. The third kappa shape index (κ3) is 2.64. The summed E-state index contributed by atoms with van der Waals surface area (Å²) in [5.41, 5.74) is 5.35. The molecule has 0 unspecified atom stereocenters. The van der Waals surface area contributed by atoms with E-state index in [0.29, 0.717) is 0 Å². The zero-order chi connectivity index (χ0) is 11.4. The first-order chi connectivity index (χ1) is 7.75. The third-order valence-corrected chi connectivity index (χ3v) is 2.54. The second-order valence-corrected chi connectivity index (χ2v) is 4.00. The van der Waals surface area contributed by atoms with Crippen molar-refractivity contribution in [3.05, 3.63) is 66.0 Å². The quantitative estimate of drug-likeness (QED) is 0.627. The fourth-order valence-electron chi connectivity index (χ4n) is 1.43. The first-order valence-electron chi connectivity index (χ1n) is 5.10. The summed E-state index contributed by atoms with van der Waals surface area (Å²) in [4.78, 5) is 0.719. The first-order valence-corrected chi connectivity index (χ1v) is 5.51. The Balaban J connectivity index is 2.14. The highest BCUT2D eigenvalue weighted by Crippen LogP contribution is 1.99. The van der Waals surface area contributed by atoms with E-state index in [1.165, 1.54) is 5.56 Å². The molecule has 2 rings (SSSR count). The number of benzene rings is 1. The van der Waals surface area contributed by atoms with Crippen molar-refractivity contribution in [2.45, 2.75) is 6.92 Å². The minimum atomic E-state index is 0.719. The van der Waals surface area contributed by atoms with E-state index >= 15 is 0 Å². The van der Waals surface area contributed by atoms with Gasteiger partial charge in [-0.15, -0.1) is 5.43 Å². The van der Waals surface area contributed by atoms with Crippen LogP contribution in [0.2, 0.25) is 0 Å². The van der Waals surface area contributed by atoms with Gasteiger partial charge in [0.2, 0.25) is 6.20 Å². The molecule has 0 fully saturated rings. The molecular formula is C13H13N2S+. The van der Waals surface area contributed by atoms with E-state index < -0.39 is 0 Å². The fourth-order valence-corrected chi connectivity index (χ4v) is 1.68. The van der Waals surface area contributed by atoms with Crippen molar-refractivity contribution >= 4 is 17.2 Å². The van der Waals surface area contributed by atoms with Gasteiger partial charge in [0.25, 0.3) is 0 Å². The van der Waals surface area contributed by atoms with Gasteiger partial charge in [-0.1, -0.05) is 47.2 Å². The molecule has 0 radical (unpaired) electrons. The minimum Gasteiger partial charge on any atom is -0.149 e. The fraction of sp³-hybridized carbons (Fsp3) is 0.0769. The number of thiocarbonyl (C=S) groups is 1. The molecule has 2 aromatic rings. The summed E-state index contributed by atoms with van der Waals surface area (Å²) in [7, 11) is 0. The smallest absolute Gasteiger partial charge is 0.149 e. The summed E-state index contributed by atoms with van der Waals surface area (Å²) in [6.45, 7) is 2.05. The van der Waals surface area contributed by atoms with Crippen LogP contribution < -0.4 is 10.1 Å². The standard InChI is InChI=1S/C13H12N2S/c1-11-6-5-9-15(10-11)14-13(16)12-7-3-2-4-8-12/h2-10H,1H3/p+1. The highest BCUT2D eigenvalue weighted by molar-refractivity contribution is 7.81. The average molecular weight is 229 g/mol. The van der Waals surface area contributed by atoms with Gasteiger partial charge in [-0.25, -0.2) is 0 Å². The maximum absolute atomic E-state index is 5.31. The van der Waals surface area contributed by atoms with Crippen LogP contribution in [0.25, 0.3) is 0 Å². The molecule has 0 atom stereocenters. The van der Waals surface area contributed by atoms with Crippen LogP contribution in [-0.4, -0.2) is 4.99 Å². The second kappa shape index (κ2) is 4.86. The lowest BCUT2D eigenvalue weighted by atomic mass is 10.2. The van der Waals surface area contributed by atoms with Crippen molar-refractivity contribution in [2.75, 3.05) is 5.43 Å². The van der Waals surface area contributed by atoms with Crippen molar-refractivity contribution < 1.29 is 4.68 Å². The number of aryl methyl sites for hydroxylation is 1. The average Bonchev–Trinajstić information content (AvgIpc) is 2.30. The molecule has 0 bridgehead atoms. The van der Waals surface area contributed by atoms with E-state index in [-0.39, 0.29) is 0 Å². The van der Waals surface area contributed by atoms with Crippen LogP contribution in [0.1, 0.15) is 11.1 Å². The van der Waals surface area contributed by atoms with Gasteiger partial charge < -0.3 is 0 Å². The molecule has 1 heterocycles. The van der Waals surface area contributed by atoms with Gasteiger partial charge in [-0.05, 0) is 13.0 Å². The Morgan fingerprint density at radius 2 is 1.88 bits per heavy atom. The molecule has 1 N–H and O–H groups in total. The summed E-state index contributed by atoms with van der Waals surface area (Å²) < 4.78 is 1.87. The van der Waals surface area contributed by atoms with Gasteiger partial charge in [0.05, 0.1) is 0 Å². The molecule has 2 nitrogen and oxygen atoms in total. The van der Waals surface area contributed by atoms with Crippen LogP contribution >= 0.6 is 12.2 Å². The Kier molecular flexibility index (Phi) is 3.27. The van der Waals surface area contributed by atoms with Crippen LogP contribution in [0, 0.1) is 6.92 Å². The van der Waals surface area contributed by atoms with Gasteiger partial charge in [0.15, 0.2) is 11.2 Å². The van der Waals surface area contributed by atoms with Crippen molar-refractivity contribution in [1.29, 1.82) is 0 Å². The highest BCUT2D eigenvalue weighted by Gasteiger charge is 2.05. The summed E-state index contributed by atoms with van der Waals surface area (Å²) >= 11 is 5.31. The van der Waals surface area contributed by atoms with Crippen LogP contribution in [0.4, 0.5) is 0 Å². The van der Waals surface area contributed by atoms with Crippen LogP contribution in [0.15, 0.2) is 54.9 Å². The summed E-state index contributed by atoms with van der Waals surface area (Å²) in [6.07, 6.45) is 3.93. The number of aromatic nitrogens is 1. The molecule has 0 spiro atoms. The second-order valence-electron chi connectivity index (χ2n) is 3.60. The zero-order valence-corrected chi connectivity index (χ0v) is 9.87. The number of pyridine rings is 1. The molecule has 80 valence electrons. The van der Waals surface area contributed by atoms with Crippen molar-refractivity contribution in [1.82, 2.24) is 0 Å². The lowest BCUT2D eigenvalue weighted by Crippen LogP contribution is -2.47. The molecule has 0 saturated heterocycles. The predicted octanol–water partition coefficient (Wildman–Crippen LogP) is 2.20. The Hall–Kier alpha value is -1.74. The lowest BCUT2D eigenvalue weighted by molar-refractivity contribution is -0.640. The van der Waals surface area contributed by atoms with Crippen molar-refractivity contribution in [3.8, 4) is 0 Å². The van der Waals surface area contributed by atoms with Crippen LogP contribution in [0.5, 0.6) is 0 Å². The van der Waals surface area contributed by atoms with E-state index in [1.54, 1.807) is 0 Å². The predicted molar refractivity (Wildman–Crippen MR) is 68.9 cm³/mol. The Morgan fingerprint density at radius 3 is 2.56 bits per heavy atom. The van der Waals surface area contributed by atoms with Crippen LogP contribution in [-0.2, 0) is 0 Å². The Labute approximate surface area is 101 Å². The van der Waals surface area contributed by atoms with Gasteiger partial charge in [0, 0.05) is 17.2 Å². The largest absolute Gasteiger partial charge is 0.202 e. The first kappa shape index (κ1) is 10.8. The molecule has 3 heteroatoms. The Morgan fingerprint density at radius 1 is 1.12 bits per heavy atom. The number of nitrogens with zero attached hydrogens (tertiary/aromatic N) is 1. The topological polar surface area (TPSA) is 15.9 Å².